The smallest absolute Gasteiger partial charge is 0.328 e. The van der Waals surface area contributed by atoms with Crippen LogP contribution in [0.5, 0.6) is 0 Å². The molecule has 0 fully saturated rings. The van der Waals surface area contributed by atoms with Crippen LogP contribution in [0.3, 0.4) is 0 Å². The van der Waals surface area contributed by atoms with Crippen molar-refractivity contribution in [3.63, 3.8) is 0 Å². The van der Waals surface area contributed by atoms with Crippen molar-refractivity contribution in [2.45, 2.75) is 45.7 Å². The number of hydrogen-bond donors (Lipinski definition) is 2. The van der Waals surface area contributed by atoms with Crippen molar-refractivity contribution in [2.75, 3.05) is 0 Å². The fraction of sp³-hybridized carbons (Fsp3) is 0.438. The van der Waals surface area contributed by atoms with Crippen molar-refractivity contribution in [2.24, 2.45) is 0 Å². The summed E-state index contributed by atoms with van der Waals surface area (Å²) in [6.45, 7) is 3.81. The van der Waals surface area contributed by atoms with E-state index in [-0.39, 0.29) is 18.5 Å². The van der Waals surface area contributed by atoms with Gasteiger partial charge in [0.05, 0.1) is 17.0 Å². The number of nitrogens with one attached hydrogen (secondary N) is 2. The van der Waals surface area contributed by atoms with Crippen LogP contribution in [0, 0.1) is 0 Å². The van der Waals surface area contributed by atoms with E-state index in [4.69, 9.17) is 0 Å². The normalized spacial score (nSPS) is 13.3. The maximum absolute atomic E-state index is 12.2. The van der Waals surface area contributed by atoms with Crippen LogP contribution in [0.4, 0.5) is 0 Å². The number of aromatic amines is 1. The number of carbonyl (C=O) groups is 1. The van der Waals surface area contributed by atoms with Gasteiger partial charge in [-0.3, -0.25) is 19.1 Å². The lowest BCUT2D eigenvalue weighted by atomic mass is 10.2. The van der Waals surface area contributed by atoms with Crippen molar-refractivity contribution in [3.8, 4) is 0 Å². The van der Waals surface area contributed by atoms with Crippen LogP contribution in [0.2, 0.25) is 0 Å². The number of aromatic nitrogens is 2. The Morgan fingerprint density at radius 2 is 2.17 bits per heavy atom. The van der Waals surface area contributed by atoms with Crippen LogP contribution in [0.1, 0.15) is 52.0 Å². The van der Waals surface area contributed by atoms with Crippen LogP contribution < -0.4 is 16.6 Å². The van der Waals surface area contributed by atoms with E-state index in [1.807, 2.05) is 19.9 Å². The number of carbonyl (C=O) groups excluding carboxylic acids is 1. The lowest BCUT2D eigenvalue weighted by molar-refractivity contribution is 0.0954. The maximum Gasteiger partial charge on any atom is 0.328 e. The van der Waals surface area contributed by atoms with Gasteiger partial charge in [0.2, 0.25) is 0 Å². The summed E-state index contributed by atoms with van der Waals surface area (Å²) in [4.78, 5) is 40.1. The molecule has 0 aromatic carbocycles. The molecule has 0 spiro atoms. The zero-order valence-electron chi connectivity index (χ0n) is 13.1. The molecule has 23 heavy (non-hydrogen) atoms. The van der Waals surface area contributed by atoms with Gasteiger partial charge in [0, 0.05) is 17.1 Å². The molecule has 1 aliphatic carbocycles. The van der Waals surface area contributed by atoms with E-state index in [2.05, 4.69) is 10.3 Å². The molecule has 2 aromatic heterocycles. The molecule has 3 rings (SSSR count). The Hall–Kier alpha value is -2.15. The molecule has 0 saturated heterocycles. The standard InChI is InChI=1S/C16H19N3O3S/c1-9(2)19-8-11(14(20)18-16(19)22)7-17-15(21)13-6-10-4-3-5-12(10)23-13/h6,8-9H,3-5,7H2,1-2H3,(H,17,21)(H,18,20,22). The molecule has 0 saturated carbocycles. The van der Waals surface area contributed by atoms with Gasteiger partial charge in [-0.25, -0.2) is 4.79 Å². The van der Waals surface area contributed by atoms with Gasteiger partial charge in [-0.15, -0.1) is 11.3 Å². The monoisotopic (exact) mass is 333 g/mol. The van der Waals surface area contributed by atoms with Crippen LogP contribution in [-0.2, 0) is 19.4 Å². The third-order valence-electron chi connectivity index (χ3n) is 4.01. The van der Waals surface area contributed by atoms with Gasteiger partial charge in [0.1, 0.15) is 0 Å². The van der Waals surface area contributed by atoms with Gasteiger partial charge >= 0.3 is 5.69 Å². The molecule has 1 aliphatic rings. The minimum atomic E-state index is -0.458. The molecule has 2 heterocycles. The average molecular weight is 333 g/mol. The molecule has 2 aromatic rings. The van der Waals surface area contributed by atoms with Crippen molar-refractivity contribution in [3.05, 3.63) is 54.0 Å². The predicted octanol–water partition coefficient (Wildman–Crippen LogP) is 1.60. The number of nitrogens with zero attached hydrogens (tertiary/aromatic N) is 1. The first-order valence-electron chi connectivity index (χ1n) is 7.70. The van der Waals surface area contributed by atoms with E-state index in [0.717, 1.165) is 19.3 Å². The second-order valence-corrected chi connectivity index (χ2v) is 7.15. The van der Waals surface area contributed by atoms with E-state index in [1.54, 1.807) is 0 Å². The van der Waals surface area contributed by atoms with Crippen molar-refractivity contribution in [1.82, 2.24) is 14.9 Å². The Labute approximate surface area is 137 Å². The molecule has 0 aliphatic heterocycles. The van der Waals surface area contributed by atoms with Crippen LogP contribution in [0.25, 0.3) is 0 Å². The summed E-state index contributed by atoms with van der Waals surface area (Å²) in [7, 11) is 0. The van der Waals surface area contributed by atoms with Gasteiger partial charge in [-0.1, -0.05) is 0 Å². The number of amides is 1. The average Bonchev–Trinajstić information content (AvgIpc) is 3.06. The number of fused-ring (bicyclic) bond motifs is 1. The van der Waals surface area contributed by atoms with Crippen LogP contribution in [-0.4, -0.2) is 15.5 Å². The van der Waals surface area contributed by atoms with Crippen LogP contribution >= 0.6 is 11.3 Å². The lowest BCUT2D eigenvalue weighted by Gasteiger charge is -2.11. The SMILES string of the molecule is CC(C)n1cc(CNC(=O)c2cc3c(s2)CCC3)c(=O)[nH]c1=O. The van der Waals surface area contributed by atoms with E-state index in [9.17, 15) is 14.4 Å². The van der Waals surface area contributed by atoms with Gasteiger partial charge in [-0.2, -0.15) is 0 Å². The molecule has 6 nitrogen and oxygen atoms in total. The van der Waals surface area contributed by atoms with E-state index in [0.29, 0.717) is 10.4 Å². The highest BCUT2D eigenvalue weighted by Crippen LogP contribution is 2.30. The first-order chi connectivity index (χ1) is 11.0. The summed E-state index contributed by atoms with van der Waals surface area (Å²) in [5.74, 6) is -0.175. The Kier molecular flexibility index (Phi) is 4.21. The summed E-state index contributed by atoms with van der Waals surface area (Å²) in [5.41, 5.74) is 0.748. The molecule has 122 valence electrons. The molecule has 0 atom stereocenters. The molecular formula is C16H19N3O3S. The molecule has 1 amide bonds. The summed E-state index contributed by atoms with van der Waals surface area (Å²) in [6, 6.07) is 1.88. The summed E-state index contributed by atoms with van der Waals surface area (Å²) in [6.07, 6.45) is 4.76. The number of H-pyrrole nitrogens is 1. The van der Waals surface area contributed by atoms with Crippen molar-refractivity contribution < 1.29 is 4.79 Å². The minimum Gasteiger partial charge on any atom is -0.347 e. The Bertz CT molecular complexity index is 839. The Morgan fingerprint density at radius 1 is 1.39 bits per heavy atom. The minimum absolute atomic E-state index is 0.0610. The predicted molar refractivity (Wildman–Crippen MR) is 89.2 cm³/mol. The second kappa shape index (κ2) is 6.16. The zero-order chi connectivity index (χ0) is 16.6. The Balaban J connectivity index is 1.75. The first kappa shape index (κ1) is 15.7. The lowest BCUT2D eigenvalue weighted by Crippen LogP contribution is -2.35. The fourth-order valence-corrected chi connectivity index (χ4v) is 3.91. The van der Waals surface area contributed by atoms with Gasteiger partial charge < -0.3 is 5.32 Å². The third-order valence-corrected chi connectivity index (χ3v) is 5.24. The largest absolute Gasteiger partial charge is 0.347 e. The zero-order valence-corrected chi connectivity index (χ0v) is 14.0. The number of thiophene rings is 1. The number of rotatable bonds is 4. The second-order valence-electron chi connectivity index (χ2n) is 6.01. The van der Waals surface area contributed by atoms with E-state index >= 15 is 0 Å². The van der Waals surface area contributed by atoms with Gasteiger partial charge in [0.15, 0.2) is 0 Å². The maximum atomic E-state index is 12.2. The number of hydrogen-bond acceptors (Lipinski definition) is 4. The van der Waals surface area contributed by atoms with E-state index < -0.39 is 11.2 Å². The topological polar surface area (TPSA) is 84.0 Å². The van der Waals surface area contributed by atoms with Crippen molar-refractivity contribution >= 4 is 17.2 Å². The highest BCUT2D eigenvalue weighted by molar-refractivity contribution is 7.14. The molecule has 7 heteroatoms. The summed E-state index contributed by atoms with van der Waals surface area (Å²) >= 11 is 1.53. The molecule has 0 bridgehead atoms. The fourth-order valence-electron chi connectivity index (χ4n) is 2.74. The summed E-state index contributed by atoms with van der Waals surface area (Å²) < 4.78 is 1.45. The summed E-state index contributed by atoms with van der Waals surface area (Å²) in [5, 5.41) is 2.77. The molecule has 2 N–H and O–H groups in total. The molecular weight excluding hydrogens is 314 g/mol. The van der Waals surface area contributed by atoms with Crippen LogP contribution in [0.15, 0.2) is 21.9 Å². The third kappa shape index (κ3) is 3.14. The number of aryl methyl sites for hydroxylation is 2. The molecule has 0 unspecified atom stereocenters. The van der Waals surface area contributed by atoms with Gasteiger partial charge in [-0.05, 0) is 44.7 Å². The van der Waals surface area contributed by atoms with Gasteiger partial charge in [0.25, 0.3) is 11.5 Å². The van der Waals surface area contributed by atoms with E-state index in [1.165, 1.54) is 32.5 Å². The highest BCUT2D eigenvalue weighted by Gasteiger charge is 2.18. The molecule has 0 radical (unpaired) electrons. The Morgan fingerprint density at radius 3 is 2.87 bits per heavy atom. The first-order valence-corrected chi connectivity index (χ1v) is 8.51. The quantitative estimate of drug-likeness (QED) is 0.891. The highest BCUT2D eigenvalue weighted by atomic mass is 32.1. The van der Waals surface area contributed by atoms with Crippen molar-refractivity contribution in [1.29, 1.82) is 0 Å².